The summed E-state index contributed by atoms with van der Waals surface area (Å²) in [6.07, 6.45) is 15.9. The largest absolute Gasteiger partial charge is 1.00 e. The Morgan fingerprint density at radius 2 is 0.753 bits per heavy atom. The summed E-state index contributed by atoms with van der Waals surface area (Å²) in [7, 11) is -13.9. The van der Waals surface area contributed by atoms with Gasteiger partial charge in [0.25, 0.3) is 0 Å². The average molecular weight is 2150 g/mol. The van der Waals surface area contributed by atoms with Gasteiger partial charge in [0, 0.05) is 34.4 Å². The molecule has 0 fully saturated rings. The van der Waals surface area contributed by atoms with Crippen LogP contribution < -0.4 is 76.1 Å². The summed E-state index contributed by atoms with van der Waals surface area (Å²) < 4.78 is 147. The molecular formula is C120H156Li2O22S4Si2. The van der Waals surface area contributed by atoms with Gasteiger partial charge >= 0.3 is 49.7 Å². The van der Waals surface area contributed by atoms with Crippen LogP contribution in [-0.4, -0.2) is 113 Å². The van der Waals surface area contributed by atoms with E-state index in [0.717, 1.165) is 149 Å². The molecule has 0 aromatic heterocycles. The van der Waals surface area contributed by atoms with Crippen molar-refractivity contribution in [3.63, 3.8) is 0 Å². The SMILES string of the molecule is C=C/C(=C\C)OCCCCCCCCOc1ccc(C(C)(C)c2ccc(Oc3ccc(S(=O)(=O)c4ccc(Oc5ccc(C(C)(C)c6ccc(Oc7ccc(S(=O)(=O)c8ccc(OC)cc8)cc7)c(CCC[Si](CC)(CC)CC)c6)cc5CCC[Si](CC)(CC)CC)cc4)cc3)c(CCC(CC(C)(C)C(=O)O)c3cccc(OCCCS(=O)(=O)[O-])c3)c2)cc1CCC(CC(C)(C)C(=O)O)c1cccc(OCCCSOO[O-])c1.[Li+].[Li+]. The third-order valence-electron chi connectivity index (χ3n) is 30.3. The number of aryl methyl sites for hydroxylation is 4. The van der Waals surface area contributed by atoms with E-state index in [2.05, 4.69) is 140 Å². The maximum atomic E-state index is 14.9. The fraction of sp³-hybridized carbons (Fsp3) is 0.450. The standard InChI is InChI=1S/C120H158O22S4Si2.2Li/c1-18-100(19-2)134-72-30-28-26-27-29-31-73-137-111-68-48-96(82-92(111)44-46-94(86-117(9,10)115(121)122)88-38-32-42-105(84-88)135-74-36-76-143-142-141-125)119(13,14)99-51-71-114(93(83-99)45-47-95(87-118(11,12)116(123)124)89-39-33-43-106(85-89)136-75-37-77-144(126,127)128)140-104-58-66-110(67-59-104)146(131,132)109-64-56-103(57-65-109)139-113-70-50-98(81-91(113)41-35-79-148(23-6,24-7)25-8)120(15,16)97-49-69-112(90(80-97)40-34-78-147(20-3,21-4)22-5)138-102-54-62-108(63-55-102)145(129,130)107-60-52-101(133-17)53-61-107;;/h18-19,32-33,38-39,42-43,48-71,80-85,94-95,125H,1,20-31,34-37,40-41,44-47,72-79,86-87H2,2-17H3,(H,121,122)(H,123,124)(H,126,127,128);;/q;2*+1/p-2/b100-19+;;. The fourth-order valence-corrected chi connectivity index (χ4v) is 30.0. The third-order valence-corrected chi connectivity index (χ3v) is 47.1. The molecule has 0 radical (unpaired) electrons. The van der Waals surface area contributed by atoms with Crippen molar-refractivity contribution >= 4 is 69.9 Å². The molecular weight excluding hydrogens is 1990 g/mol. The zero-order valence-electron chi connectivity index (χ0n) is 91.6. The fourth-order valence-electron chi connectivity index (χ4n) is 19.7. The molecule has 0 heterocycles. The average Bonchev–Trinajstić information content (AvgIpc) is 0.788. The van der Waals surface area contributed by atoms with Crippen LogP contribution in [0, 0.1) is 10.8 Å². The summed E-state index contributed by atoms with van der Waals surface area (Å²) in [6, 6.07) is 76.0. The third kappa shape index (κ3) is 36.2. The number of carboxylic acids is 2. The van der Waals surface area contributed by atoms with Crippen molar-refractivity contribution in [2.75, 3.05) is 45.0 Å². The van der Waals surface area contributed by atoms with Crippen molar-refractivity contribution in [1.82, 2.24) is 0 Å². The van der Waals surface area contributed by atoms with Crippen LogP contribution in [0.15, 0.2) is 262 Å². The summed E-state index contributed by atoms with van der Waals surface area (Å²) >= 11 is 0.887. The first-order valence-electron chi connectivity index (χ1n) is 52.6. The van der Waals surface area contributed by atoms with Gasteiger partial charge in [-0.1, -0.05) is 235 Å². The molecule has 0 saturated carbocycles. The van der Waals surface area contributed by atoms with Crippen LogP contribution in [0.25, 0.3) is 0 Å². The molecule has 10 rings (SSSR count). The van der Waals surface area contributed by atoms with Gasteiger partial charge < -0.3 is 57.9 Å². The Kier molecular flexibility index (Phi) is 49.8. The first kappa shape index (κ1) is 126. The van der Waals surface area contributed by atoms with Gasteiger partial charge in [0.05, 0.1) is 90.2 Å². The Morgan fingerprint density at radius 1 is 0.413 bits per heavy atom. The molecule has 0 bridgehead atoms. The van der Waals surface area contributed by atoms with Gasteiger partial charge in [0.1, 0.15) is 63.3 Å². The maximum Gasteiger partial charge on any atom is 1.00 e. The molecule has 10 aromatic rings. The minimum Gasteiger partial charge on any atom is -0.748 e. The van der Waals surface area contributed by atoms with E-state index in [9.17, 15) is 54.9 Å². The minimum atomic E-state index is -4.48. The molecule has 150 heavy (non-hydrogen) atoms. The number of sulfone groups is 2. The number of aliphatic carboxylic acids is 2. The predicted molar refractivity (Wildman–Crippen MR) is 594 cm³/mol. The molecule has 2 unspecified atom stereocenters. The quantitative estimate of drug-likeness (QED) is 0.00523. The molecule has 22 nitrogen and oxygen atoms in total. The number of ether oxygens (including phenoxy) is 8. The second-order valence-electron chi connectivity index (χ2n) is 41.5. The smallest absolute Gasteiger partial charge is 0.748 e. The van der Waals surface area contributed by atoms with Crippen LogP contribution in [0.2, 0.25) is 48.4 Å². The zero-order valence-corrected chi connectivity index (χ0v) is 96.9. The monoisotopic (exact) mass is 2150 g/mol. The first-order valence-corrected chi connectivity index (χ1v) is 63.7. The van der Waals surface area contributed by atoms with Crippen LogP contribution in [0.1, 0.15) is 261 Å². The Balaban J connectivity index is 0.0000137. The van der Waals surface area contributed by atoms with Crippen LogP contribution in [0.3, 0.4) is 0 Å². The Hall–Kier alpha value is -9.31. The number of methoxy groups -OCH3 is 1. The van der Waals surface area contributed by atoms with Gasteiger partial charge in [-0.05, 0) is 337 Å². The van der Waals surface area contributed by atoms with Crippen molar-refractivity contribution < 1.29 is 140 Å². The van der Waals surface area contributed by atoms with E-state index in [-0.39, 0.29) is 82.7 Å². The molecule has 0 aliphatic rings. The van der Waals surface area contributed by atoms with Gasteiger partial charge in [0.2, 0.25) is 19.7 Å². The first-order chi connectivity index (χ1) is 70.6. The molecule has 0 saturated heterocycles. The van der Waals surface area contributed by atoms with E-state index in [1.807, 2.05) is 67.6 Å². The second-order valence-corrected chi connectivity index (χ2v) is 59.0. The summed E-state index contributed by atoms with van der Waals surface area (Å²) in [5.41, 5.74) is 6.11. The number of allylic oxidation sites excluding steroid dienone is 2. The summed E-state index contributed by atoms with van der Waals surface area (Å²) in [4.78, 5) is 26.5. The number of benzene rings is 10. The number of hydrogen-bond acceptors (Lipinski definition) is 21. The molecule has 0 spiro atoms. The Labute approximate surface area is 924 Å². The van der Waals surface area contributed by atoms with Crippen molar-refractivity contribution in [3.8, 4) is 57.5 Å². The number of carboxylic acid groups (broad SMARTS) is 2. The van der Waals surface area contributed by atoms with Gasteiger partial charge in [-0.25, -0.2) is 25.3 Å². The van der Waals surface area contributed by atoms with Crippen LogP contribution >= 0.6 is 12.0 Å². The summed E-state index contributed by atoms with van der Waals surface area (Å²) in [5, 5.41) is 35.3. The Bertz CT molecular complexity index is 6330. The van der Waals surface area contributed by atoms with E-state index in [0.29, 0.717) is 110 Å². The molecule has 0 amide bonds. The molecule has 2 N–H and O–H groups in total. The predicted octanol–water partition coefficient (Wildman–Crippen LogP) is 23.5. The zero-order chi connectivity index (χ0) is 108. The van der Waals surface area contributed by atoms with E-state index in [1.54, 1.807) is 138 Å². The molecule has 2 atom stereocenters. The number of hydrogen-bond donors (Lipinski definition) is 2. The van der Waals surface area contributed by atoms with Crippen LogP contribution in [0.4, 0.5) is 0 Å². The molecule has 0 aliphatic carbocycles. The van der Waals surface area contributed by atoms with Crippen molar-refractivity contribution in [3.05, 3.63) is 299 Å². The maximum absolute atomic E-state index is 14.9. The number of carbonyl (C=O) groups is 2. The van der Waals surface area contributed by atoms with Crippen LogP contribution in [0.5, 0.6) is 57.5 Å². The molecule has 30 heteroatoms. The molecule has 10 aromatic carbocycles. The van der Waals surface area contributed by atoms with Crippen molar-refractivity contribution in [1.29, 1.82) is 0 Å². The summed E-state index contributed by atoms with van der Waals surface area (Å²) in [5.74, 6) is 3.66. The van der Waals surface area contributed by atoms with Gasteiger partial charge in [-0.15, -0.1) is 0 Å². The second kappa shape index (κ2) is 59.4. The van der Waals surface area contributed by atoms with E-state index >= 15 is 0 Å². The van der Waals surface area contributed by atoms with E-state index < -0.39 is 91.2 Å². The Morgan fingerprint density at radius 3 is 1.10 bits per heavy atom. The van der Waals surface area contributed by atoms with Crippen LogP contribution in [-0.2, 0) is 90.0 Å². The minimum absolute atomic E-state index is 0. The van der Waals surface area contributed by atoms with E-state index in [1.165, 1.54) is 60.5 Å². The normalized spacial score (nSPS) is 12.8. The topological polar surface area (TPSA) is 315 Å². The van der Waals surface area contributed by atoms with Crippen molar-refractivity contribution in [2.45, 2.75) is 310 Å². The van der Waals surface area contributed by atoms with Crippen molar-refractivity contribution in [2.24, 2.45) is 10.8 Å². The van der Waals surface area contributed by atoms with E-state index in [4.69, 9.17) is 37.9 Å². The number of rotatable bonds is 67. The van der Waals surface area contributed by atoms with Gasteiger partial charge in [-0.3, -0.25) is 14.6 Å². The molecule has 0 aliphatic heterocycles. The van der Waals surface area contributed by atoms with Gasteiger partial charge in [-0.2, -0.15) is 4.33 Å². The molecule has 802 valence electrons. The number of unbranched alkanes of at least 4 members (excludes halogenated alkanes) is 5. The van der Waals surface area contributed by atoms with Gasteiger partial charge in [0.15, 0.2) is 0 Å². The summed E-state index contributed by atoms with van der Waals surface area (Å²) in [6.45, 7) is 36.9.